The highest BCUT2D eigenvalue weighted by Crippen LogP contribution is 2.15. The molecule has 0 fully saturated rings. The van der Waals surface area contributed by atoms with Gasteiger partial charge in [0.15, 0.2) is 0 Å². The summed E-state index contributed by atoms with van der Waals surface area (Å²) in [7, 11) is 1.64. The van der Waals surface area contributed by atoms with Crippen molar-refractivity contribution in [1.82, 2.24) is 5.43 Å². The molecule has 0 aromatic heterocycles. The topological polar surface area (TPSA) is 71.7 Å². The number of aliphatic imine (C=N–C) groups is 1. The molecule has 0 aliphatic heterocycles. The number of ether oxygens (including phenoxy) is 1. The van der Waals surface area contributed by atoms with Crippen LogP contribution in [0.1, 0.15) is 11.1 Å². The fourth-order valence-corrected chi connectivity index (χ4v) is 1.37. The third kappa shape index (κ3) is 4.42. The number of nitrogens with one attached hydrogen (secondary N) is 2. The number of nitrogens with two attached hydrogens (primary N) is 1. The Hall–Kier alpha value is -1.59. The number of guanidine groups is 1. The van der Waals surface area contributed by atoms with E-state index in [1.54, 1.807) is 7.11 Å². The summed E-state index contributed by atoms with van der Waals surface area (Å²) in [5.74, 6) is 5.94. The average Bonchev–Trinajstić information content (AvgIpc) is 2.32. The molecule has 0 aliphatic carbocycles. The second kappa shape index (κ2) is 6.88. The molecule has 0 heterocycles. The van der Waals surface area contributed by atoms with Crippen LogP contribution in [0.3, 0.4) is 0 Å². The van der Waals surface area contributed by atoms with Crippen molar-refractivity contribution in [3.05, 3.63) is 29.3 Å². The molecule has 0 aliphatic rings. The number of benzene rings is 1. The van der Waals surface area contributed by atoms with Crippen LogP contribution in [-0.4, -0.2) is 26.2 Å². The van der Waals surface area contributed by atoms with Crippen LogP contribution in [0.25, 0.3) is 0 Å². The number of nitrogens with zero attached hydrogens (tertiary/aromatic N) is 1. The lowest BCUT2D eigenvalue weighted by atomic mass is 10.1. The van der Waals surface area contributed by atoms with Crippen LogP contribution in [0.4, 0.5) is 5.69 Å². The summed E-state index contributed by atoms with van der Waals surface area (Å²) in [5, 5.41) is 3.16. The molecule has 0 saturated carbocycles. The van der Waals surface area contributed by atoms with Crippen molar-refractivity contribution < 1.29 is 4.74 Å². The Morgan fingerprint density at radius 2 is 2.18 bits per heavy atom. The summed E-state index contributed by atoms with van der Waals surface area (Å²) in [5.41, 5.74) is 5.87. The maximum absolute atomic E-state index is 5.41. The smallest absolute Gasteiger partial charge is 0.210 e. The Kier molecular flexibility index (Phi) is 5.45. The van der Waals surface area contributed by atoms with Gasteiger partial charge >= 0.3 is 0 Å². The van der Waals surface area contributed by atoms with Crippen LogP contribution in [0.15, 0.2) is 23.2 Å². The number of anilines is 1. The number of methoxy groups -OCH3 is 1. The third-order valence-corrected chi connectivity index (χ3v) is 2.35. The van der Waals surface area contributed by atoms with E-state index in [1.165, 1.54) is 5.56 Å². The molecule has 5 heteroatoms. The molecule has 0 saturated heterocycles. The van der Waals surface area contributed by atoms with E-state index >= 15 is 0 Å². The van der Waals surface area contributed by atoms with Crippen LogP contribution < -0.4 is 16.6 Å². The van der Waals surface area contributed by atoms with Gasteiger partial charge in [-0.25, -0.2) is 10.8 Å². The Bertz CT molecular complexity index is 390. The van der Waals surface area contributed by atoms with E-state index in [0.717, 1.165) is 11.3 Å². The zero-order valence-electron chi connectivity index (χ0n) is 10.6. The van der Waals surface area contributed by atoms with Gasteiger partial charge in [-0.1, -0.05) is 12.1 Å². The summed E-state index contributed by atoms with van der Waals surface area (Å²) < 4.78 is 4.93. The Morgan fingerprint density at radius 1 is 1.41 bits per heavy atom. The number of rotatable bonds is 4. The van der Waals surface area contributed by atoms with Gasteiger partial charge in [-0.15, -0.1) is 0 Å². The minimum atomic E-state index is 0.538. The molecule has 0 amide bonds. The third-order valence-electron chi connectivity index (χ3n) is 2.35. The standard InChI is InChI=1S/C12H20N4O/c1-9-4-5-10(2)11(8-9)15-12(16-13)14-6-7-17-3/h4-5,8H,6-7,13H2,1-3H3,(H2,14,15,16). The first-order valence-corrected chi connectivity index (χ1v) is 5.51. The summed E-state index contributed by atoms with van der Waals surface area (Å²) in [6.45, 7) is 5.21. The molecule has 1 rings (SSSR count). The Labute approximate surface area is 102 Å². The normalized spacial score (nSPS) is 11.4. The SMILES string of the molecule is COCCN=C(NN)Nc1cc(C)ccc1C. The number of aryl methyl sites for hydroxylation is 2. The molecule has 4 N–H and O–H groups in total. The number of hydrazine groups is 1. The number of hydrogen-bond donors (Lipinski definition) is 3. The van der Waals surface area contributed by atoms with Gasteiger partial charge in [-0.3, -0.25) is 5.43 Å². The van der Waals surface area contributed by atoms with E-state index in [4.69, 9.17) is 10.6 Å². The lowest BCUT2D eigenvalue weighted by molar-refractivity contribution is 0.208. The molecule has 94 valence electrons. The lowest BCUT2D eigenvalue weighted by Crippen LogP contribution is -2.36. The van der Waals surface area contributed by atoms with Crippen LogP contribution in [-0.2, 0) is 4.74 Å². The van der Waals surface area contributed by atoms with Crippen molar-refractivity contribution in [3.8, 4) is 0 Å². The monoisotopic (exact) mass is 236 g/mol. The molecular weight excluding hydrogens is 216 g/mol. The fraction of sp³-hybridized carbons (Fsp3) is 0.417. The maximum Gasteiger partial charge on any atom is 0.210 e. The zero-order valence-corrected chi connectivity index (χ0v) is 10.6. The second-order valence-electron chi connectivity index (χ2n) is 3.81. The summed E-state index contributed by atoms with van der Waals surface area (Å²) in [4.78, 5) is 4.24. The summed E-state index contributed by atoms with van der Waals surface area (Å²) in [6, 6.07) is 6.18. The van der Waals surface area contributed by atoms with Crippen molar-refractivity contribution in [3.63, 3.8) is 0 Å². The molecule has 5 nitrogen and oxygen atoms in total. The van der Waals surface area contributed by atoms with E-state index in [2.05, 4.69) is 33.9 Å². The second-order valence-corrected chi connectivity index (χ2v) is 3.81. The average molecular weight is 236 g/mol. The number of hydrogen-bond acceptors (Lipinski definition) is 3. The maximum atomic E-state index is 5.41. The van der Waals surface area contributed by atoms with Crippen molar-refractivity contribution in [2.24, 2.45) is 10.8 Å². The predicted octanol–water partition coefficient (Wildman–Crippen LogP) is 1.18. The van der Waals surface area contributed by atoms with Gasteiger partial charge < -0.3 is 10.1 Å². The molecule has 1 aromatic rings. The molecule has 0 radical (unpaired) electrons. The van der Waals surface area contributed by atoms with Crippen LogP contribution in [0.2, 0.25) is 0 Å². The van der Waals surface area contributed by atoms with Crippen LogP contribution >= 0.6 is 0 Å². The van der Waals surface area contributed by atoms with Gasteiger partial charge in [0.25, 0.3) is 0 Å². The van der Waals surface area contributed by atoms with Gasteiger partial charge in [0.2, 0.25) is 5.96 Å². The molecule has 0 atom stereocenters. The highest BCUT2D eigenvalue weighted by Gasteiger charge is 2.01. The minimum Gasteiger partial charge on any atom is -0.383 e. The van der Waals surface area contributed by atoms with Crippen LogP contribution in [0, 0.1) is 13.8 Å². The molecule has 1 aromatic carbocycles. The molecule has 0 unspecified atom stereocenters. The lowest BCUT2D eigenvalue weighted by Gasteiger charge is -2.12. The van der Waals surface area contributed by atoms with Crippen molar-refractivity contribution in [1.29, 1.82) is 0 Å². The van der Waals surface area contributed by atoms with E-state index in [0.29, 0.717) is 19.1 Å². The first-order chi connectivity index (χ1) is 8.17. The van der Waals surface area contributed by atoms with Crippen LogP contribution in [0.5, 0.6) is 0 Å². The quantitative estimate of drug-likeness (QED) is 0.241. The fourth-order valence-electron chi connectivity index (χ4n) is 1.37. The predicted molar refractivity (Wildman–Crippen MR) is 71.0 cm³/mol. The highest BCUT2D eigenvalue weighted by atomic mass is 16.5. The highest BCUT2D eigenvalue weighted by molar-refractivity contribution is 5.93. The van der Waals surface area contributed by atoms with E-state index in [1.807, 2.05) is 13.8 Å². The molecule has 0 spiro atoms. The van der Waals surface area contributed by atoms with Gasteiger partial charge in [0.05, 0.1) is 13.2 Å². The first kappa shape index (κ1) is 13.5. The van der Waals surface area contributed by atoms with Gasteiger partial charge in [0.1, 0.15) is 0 Å². The zero-order chi connectivity index (χ0) is 12.7. The largest absolute Gasteiger partial charge is 0.383 e. The molecule has 0 bridgehead atoms. The van der Waals surface area contributed by atoms with E-state index in [-0.39, 0.29) is 0 Å². The minimum absolute atomic E-state index is 0.538. The Morgan fingerprint density at radius 3 is 2.82 bits per heavy atom. The first-order valence-electron chi connectivity index (χ1n) is 5.51. The molecule has 17 heavy (non-hydrogen) atoms. The van der Waals surface area contributed by atoms with Gasteiger partial charge in [-0.05, 0) is 31.0 Å². The van der Waals surface area contributed by atoms with Crippen molar-refractivity contribution in [2.75, 3.05) is 25.6 Å². The molecular formula is C12H20N4O. The van der Waals surface area contributed by atoms with Gasteiger partial charge in [0, 0.05) is 12.8 Å². The van der Waals surface area contributed by atoms with E-state index in [9.17, 15) is 0 Å². The summed E-state index contributed by atoms with van der Waals surface area (Å²) >= 11 is 0. The van der Waals surface area contributed by atoms with Gasteiger partial charge in [-0.2, -0.15) is 0 Å². The van der Waals surface area contributed by atoms with E-state index < -0.39 is 0 Å². The Balaban J connectivity index is 2.73. The summed E-state index contributed by atoms with van der Waals surface area (Å²) in [6.07, 6.45) is 0. The van der Waals surface area contributed by atoms with Crippen molar-refractivity contribution in [2.45, 2.75) is 13.8 Å². The van der Waals surface area contributed by atoms with Crippen molar-refractivity contribution >= 4 is 11.6 Å².